The summed E-state index contributed by atoms with van der Waals surface area (Å²) in [7, 11) is 1.50. The smallest absolute Gasteiger partial charge is 0.322 e. The number of benzene rings is 1. The second-order valence-corrected chi connectivity index (χ2v) is 6.39. The van der Waals surface area contributed by atoms with Gasteiger partial charge in [-0.15, -0.1) is 0 Å². The summed E-state index contributed by atoms with van der Waals surface area (Å²) < 4.78 is 5.65. The molecule has 8 heteroatoms. The molecule has 8 nitrogen and oxygen atoms in total. The molecule has 0 saturated carbocycles. The third-order valence-electron chi connectivity index (χ3n) is 4.37. The molecule has 27 heavy (non-hydrogen) atoms. The summed E-state index contributed by atoms with van der Waals surface area (Å²) in [6.45, 7) is 3.52. The van der Waals surface area contributed by atoms with Gasteiger partial charge in [-0.05, 0) is 30.7 Å². The molecule has 3 N–H and O–H groups in total. The molecule has 1 unspecified atom stereocenters. The van der Waals surface area contributed by atoms with E-state index in [2.05, 4.69) is 22.9 Å². The molecule has 0 aliphatic carbocycles. The lowest BCUT2D eigenvalue weighted by molar-refractivity contribution is -0.132. The average Bonchev–Trinajstić information content (AvgIpc) is 2.67. The number of amides is 4. The first kappa shape index (κ1) is 20.5. The molecule has 4 amide bonds. The van der Waals surface area contributed by atoms with E-state index in [1.165, 1.54) is 11.9 Å². The Labute approximate surface area is 159 Å². The highest BCUT2D eigenvalue weighted by molar-refractivity contribution is 5.96. The molecule has 1 atom stereocenters. The van der Waals surface area contributed by atoms with Gasteiger partial charge in [0.15, 0.2) is 0 Å². The van der Waals surface area contributed by atoms with E-state index in [0.717, 1.165) is 25.0 Å². The minimum absolute atomic E-state index is 0.0692. The Bertz CT molecular complexity index is 648. The fourth-order valence-electron chi connectivity index (χ4n) is 2.81. The second kappa shape index (κ2) is 10.4. The van der Waals surface area contributed by atoms with E-state index in [4.69, 9.17) is 4.74 Å². The van der Waals surface area contributed by atoms with Crippen LogP contribution in [-0.2, 0) is 9.59 Å². The number of unbranched alkanes of at least 4 members (excludes halogenated alkanes) is 2. The SMILES string of the molecule is CCCCCOc1ccc(NC(=O)N2CCNC(=O)C2CC(=O)NC)cc1. The molecule has 0 aromatic heterocycles. The lowest BCUT2D eigenvalue weighted by Gasteiger charge is -2.34. The van der Waals surface area contributed by atoms with E-state index in [0.29, 0.717) is 25.4 Å². The molecule has 0 radical (unpaired) electrons. The summed E-state index contributed by atoms with van der Waals surface area (Å²) in [5, 5.41) is 7.95. The standard InChI is InChI=1S/C19H28N4O4/c1-3-4-5-12-27-15-8-6-14(7-9-15)22-19(26)23-11-10-21-18(25)16(23)13-17(24)20-2/h6-9,16H,3-5,10-13H2,1-2H3,(H,20,24)(H,21,25)(H,22,26). The van der Waals surface area contributed by atoms with Crippen LogP contribution in [0.1, 0.15) is 32.6 Å². The normalized spacial score (nSPS) is 16.4. The van der Waals surface area contributed by atoms with Gasteiger partial charge in [-0.3, -0.25) is 9.59 Å². The number of hydrogen-bond donors (Lipinski definition) is 3. The molecule has 1 aliphatic rings. The van der Waals surface area contributed by atoms with Gasteiger partial charge >= 0.3 is 6.03 Å². The quantitative estimate of drug-likeness (QED) is 0.602. The van der Waals surface area contributed by atoms with Crippen molar-refractivity contribution in [1.29, 1.82) is 0 Å². The van der Waals surface area contributed by atoms with Gasteiger partial charge in [-0.1, -0.05) is 19.8 Å². The Morgan fingerprint density at radius 1 is 1.26 bits per heavy atom. The maximum atomic E-state index is 12.6. The topological polar surface area (TPSA) is 99.8 Å². The Balaban J connectivity index is 1.94. The van der Waals surface area contributed by atoms with Crippen molar-refractivity contribution in [1.82, 2.24) is 15.5 Å². The van der Waals surface area contributed by atoms with E-state index in [1.54, 1.807) is 24.3 Å². The molecular formula is C19H28N4O4. The predicted molar refractivity (Wildman–Crippen MR) is 103 cm³/mol. The number of urea groups is 1. The zero-order chi connectivity index (χ0) is 19.6. The fraction of sp³-hybridized carbons (Fsp3) is 0.526. The molecule has 2 rings (SSSR count). The minimum Gasteiger partial charge on any atom is -0.494 e. The first-order valence-electron chi connectivity index (χ1n) is 9.34. The summed E-state index contributed by atoms with van der Waals surface area (Å²) >= 11 is 0. The maximum absolute atomic E-state index is 12.6. The highest BCUT2D eigenvalue weighted by atomic mass is 16.5. The van der Waals surface area contributed by atoms with Gasteiger partial charge in [0.05, 0.1) is 13.0 Å². The third kappa shape index (κ3) is 6.16. The number of hydrogen-bond acceptors (Lipinski definition) is 4. The van der Waals surface area contributed by atoms with Crippen molar-refractivity contribution < 1.29 is 19.1 Å². The van der Waals surface area contributed by atoms with Crippen LogP contribution in [0.5, 0.6) is 5.75 Å². The average molecular weight is 376 g/mol. The molecule has 1 aromatic rings. The van der Waals surface area contributed by atoms with Crippen LogP contribution in [0.3, 0.4) is 0 Å². The molecular weight excluding hydrogens is 348 g/mol. The zero-order valence-electron chi connectivity index (χ0n) is 15.9. The number of carbonyl (C=O) groups excluding carboxylic acids is 3. The largest absolute Gasteiger partial charge is 0.494 e. The van der Waals surface area contributed by atoms with Gasteiger partial charge in [0, 0.05) is 25.8 Å². The summed E-state index contributed by atoms with van der Waals surface area (Å²) in [5.74, 6) is 0.134. The van der Waals surface area contributed by atoms with Gasteiger partial charge in [0.2, 0.25) is 11.8 Å². The zero-order valence-corrected chi connectivity index (χ0v) is 15.9. The van der Waals surface area contributed by atoms with Crippen molar-refractivity contribution in [2.24, 2.45) is 0 Å². The Kier molecular flexibility index (Phi) is 7.91. The van der Waals surface area contributed by atoms with Gasteiger partial charge in [0.25, 0.3) is 0 Å². The van der Waals surface area contributed by atoms with Crippen molar-refractivity contribution in [3.05, 3.63) is 24.3 Å². The number of nitrogens with zero attached hydrogens (tertiary/aromatic N) is 1. The van der Waals surface area contributed by atoms with E-state index in [1.807, 2.05) is 0 Å². The minimum atomic E-state index is -0.820. The summed E-state index contributed by atoms with van der Waals surface area (Å²) in [6, 6.07) is 5.88. The van der Waals surface area contributed by atoms with Gasteiger partial charge in [-0.2, -0.15) is 0 Å². The van der Waals surface area contributed by atoms with Crippen molar-refractivity contribution in [3.8, 4) is 5.75 Å². The van der Waals surface area contributed by atoms with Crippen molar-refractivity contribution >= 4 is 23.5 Å². The van der Waals surface area contributed by atoms with Crippen molar-refractivity contribution in [2.45, 2.75) is 38.6 Å². The van der Waals surface area contributed by atoms with E-state index in [-0.39, 0.29) is 18.2 Å². The predicted octanol–water partition coefficient (Wildman–Crippen LogP) is 1.72. The molecule has 1 aromatic carbocycles. The van der Waals surface area contributed by atoms with Gasteiger partial charge in [0.1, 0.15) is 11.8 Å². The lowest BCUT2D eigenvalue weighted by atomic mass is 10.1. The number of ether oxygens (including phenoxy) is 1. The summed E-state index contributed by atoms with van der Waals surface area (Å²) in [6.07, 6.45) is 3.22. The summed E-state index contributed by atoms with van der Waals surface area (Å²) in [4.78, 5) is 37.7. The molecule has 0 bridgehead atoms. The summed E-state index contributed by atoms with van der Waals surface area (Å²) in [5.41, 5.74) is 0.602. The van der Waals surface area contributed by atoms with E-state index in [9.17, 15) is 14.4 Å². The second-order valence-electron chi connectivity index (χ2n) is 6.39. The molecule has 1 aliphatic heterocycles. The van der Waals surface area contributed by atoms with Crippen LogP contribution >= 0.6 is 0 Å². The molecule has 0 spiro atoms. The fourth-order valence-corrected chi connectivity index (χ4v) is 2.81. The number of nitrogens with one attached hydrogen (secondary N) is 3. The Hall–Kier alpha value is -2.77. The van der Waals surface area contributed by atoms with E-state index < -0.39 is 12.1 Å². The third-order valence-corrected chi connectivity index (χ3v) is 4.37. The Morgan fingerprint density at radius 3 is 2.67 bits per heavy atom. The van der Waals surface area contributed by atoms with Crippen LogP contribution in [0, 0.1) is 0 Å². The molecule has 1 saturated heterocycles. The molecule has 148 valence electrons. The molecule has 1 fully saturated rings. The van der Waals surface area contributed by atoms with Crippen LogP contribution in [0.2, 0.25) is 0 Å². The van der Waals surface area contributed by atoms with E-state index >= 15 is 0 Å². The van der Waals surface area contributed by atoms with Crippen molar-refractivity contribution in [2.75, 3.05) is 32.1 Å². The first-order valence-corrected chi connectivity index (χ1v) is 9.34. The van der Waals surface area contributed by atoms with Crippen LogP contribution in [0.25, 0.3) is 0 Å². The van der Waals surface area contributed by atoms with Crippen LogP contribution < -0.4 is 20.7 Å². The maximum Gasteiger partial charge on any atom is 0.322 e. The highest BCUT2D eigenvalue weighted by Gasteiger charge is 2.34. The number of rotatable bonds is 8. The number of piperazine rings is 1. The van der Waals surface area contributed by atoms with Gasteiger partial charge < -0.3 is 25.6 Å². The Morgan fingerprint density at radius 2 is 2.00 bits per heavy atom. The van der Waals surface area contributed by atoms with Gasteiger partial charge in [-0.25, -0.2) is 4.79 Å². The van der Waals surface area contributed by atoms with Crippen LogP contribution in [0.4, 0.5) is 10.5 Å². The van der Waals surface area contributed by atoms with Crippen molar-refractivity contribution in [3.63, 3.8) is 0 Å². The number of carbonyl (C=O) groups is 3. The number of anilines is 1. The lowest BCUT2D eigenvalue weighted by Crippen LogP contribution is -2.59. The van der Waals surface area contributed by atoms with Crippen LogP contribution in [-0.4, -0.2) is 55.5 Å². The molecule has 1 heterocycles. The first-order chi connectivity index (χ1) is 13.0. The highest BCUT2D eigenvalue weighted by Crippen LogP contribution is 2.18. The monoisotopic (exact) mass is 376 g/mol. The van der Waals surface area contributed by atoms with Crippen LogP contribution in [0.15, 0.2) is 24.3 Å².